The number of carbonyl (C=O) groups is 2. The van der Waals surface area contributed by atoms with Crippen molar-refractivity contribution in [1.82, 2.24) is 9.88 Å². The van der Waals surface area contributed by atoms with Crippen LogP contribution < -0.4 is 11.1 Å². The Kier molecular flexibility index (Phi) is 8.04. The fourth-order valence-electron chi connectivity index (χ4n) is 3.11. The first kappa shape index (κ1) is 24.4. The van der Waals surface area contributed by atoms with Crippen molar-refractivity contribution in [2.24, 2.45) is 5.73 Å². The second-order valence-corrected chi connectivity index (χ2v) is 8.35. The normalized spacial score (nSPS) is 12.2. The summed E-state index contributed by atoms with van der Waals surface area (Å²) in [6.07, 6.45) is 4.64. The van der Waals surface area contributed by atoms with Crippen molar-refractivity contribution in [3.05, 3.63) is 92.2 Å². The molecule has 0 radical (unpaired) electrons. The Bertz CT molecular complexity index is 1190. The third kappa shape index (κ3) is 5.20. The van der Waals surface area contributed by atoms with Gasteiger partial charge in [-0.25, -0.2) is 0 Å². The number of alkyl halides is 1. The number of carbonyl (C=O) groups excluding carboxylic acids is 2. The molecule has 0 aliphatic carbocycles. The van der Waals surface area contributed by atoms with E-state index in [9.17, 15) is 9.59 Å². The molecule has 0 bridgehead atoms. The summed E-state index contributed by atoms with van der Waals surface area (Å²) >= 11 is 24.9. The van der Waals surface area contributed by atoms with Gasteiger partial charge in [0, 0.05) is 35.1 Å². The Hall–Kier alpha value is -2.28. The third-order valence-corrected chi connectivity index (χ3v) is 6.09. The summed E-state index contributed by atoms with van der Waals surface area (Å²) in [7, 11) is 1.56. The van der Waals surface area contributed by atoms with E-state index in [1.54, 1.807) is 66.4 Å². The van der Waals surface area contributed by atoms with Crippen LogP contribution in [-0.2, 0) is 10.7 Å². The van der Waals surface area contributed by atoms with Crippen LogP contribution in [0.1, 0.15) is 33.2 Å². The highest BCUT2D eigenvalue weighted by molar-refractivity contribution is 6.38. The van der Waals surface area contributed by atoms with E-state index in [1.165, 1.54) is 6.08 Å². The van der Waals surface area contributed by atoms with E-state index in [4.69, 9.17) is 52.1 Å². The first-order valence-electron chi connectivity index (χ1n) is 9.47. The minimum Gasteiger partial charge on any atom is -0.355 e. The number of nitrogens with two attached hydrogens (primary N) is 1. The van der Waals surface area contributed by atoms with Gasteiger partial charge in [0.2, 0.25) is 0 Å². The molecular formula is C23H19Cl4N3O2. The van der Waals surface area contributed by atoms with Crippen LogP contribution >= 0.6 is 46.4 Å². The Labute approximate surface area is 205 Å². The minimum absolute atomic E-state index is 0.127. The molecule has 0 aliphatic heterocycles. The van der Waals surface area contributed by atoms with Gasteiger partial charge in [-0.2, -0.15) is 0 Å². The highest BCUT2D eigenvalue weighted by Crippen LogP contribution is 2.34. The molecule has 5 nitrogen and oxygen atoms in total. The molecule has 1 heterocycles. The number of nitrogens with one attached hydrogen (secondary N) is 1. The van der Waals surface area contributed by atoms with Crippen molar-refractivity contribution in [2.45, 2.75) is 11.9 Å². The molecule has 166 valence electrons. The highest BCUT2D eigenvalue weighted by atomic mass is 35.5. The lowest BCUT2D eigenvalue weighted by atomic mass is 10.1. The molecule has 32 heavy (non-hydrogen) atoms. The number of nitrogens with zero attached hydrogens (tertiary/aromatic N) is 1. The topological polar surface area (TPSA) is 77.1 Å². The van der Waals surface area contributed by atoms with E-state index in [-0.39, 0.29) is 17.6 Å². The van der Waals surface area contributed by atoms with E-state index < -0.39 is 6.04 Å². The molecule has 0 aliphatic rings. The zero-order chi connectivity index (χ0) is 23.4. The molecule has 1 amide bonds. The molecule has 2 aromatic carbocycles. The maximum atomic E-state index is 12.8. The van der Waals surface area contributed by atoms with Gasteiger partial charge in [0.15, 0.2) is 5.78 Å². The van der Waals surface area contributed by atoms with Crippen LogP contribution in [0.25, 0.3) is 11.8 Å². The molecule has 1 aromatic heterocycles. The van der Waals surface area contributed by atoms with Crippen molar-refractivity contribution in [3.63, 3.8) is 0 Å². The number of rotatable bonds is 7. The number of hydrogen-bond acceptors (Lipinski definition) is 3. The van der Waals surface area contributed by atoms with Crippen molar-refractivity contribution in [3.8, 4) is 5.69 Å². The van der Waals surface area contributed by atoms with Gasteiger partial charge in [-0.1, -0.05) is 53.0 Å². The second-order valence-electron chi connectivity index (χ2n) is 6.86. The monoisotopic (exact) mass is 509 g/mol. The molecule has 0 spiro atoms. The third-order valence-electron chi connectivity index (χ3n) is 4.84. The number of halogens is 4. The molecule has 1 atom stereocenters. The second kappa shape index (κ2) is 10.6. The SMILES string of the molecule is CNC(=O)c1ccc(/C=C/C(=O)C(N)c2cc(Cl)cn2-c2ccc(Cl)c(CCl)c2Cl)cc1. The van der Waals surface area contributed by atoms with Gasteiger partial charge in [-0.15, -0.1) is 11.6 Å². The standard InChI is InChI=1S/C23H19Cl4N3O2/c1-29-23(32)14-5-2-13(3-6-14)4-9-20(31)22(28)19-10-15(25)12-30(19)18-8-7-17(26)16(11-24)21(18)27/h2-10,12,22H,11,28H2,1H3,(H,29,32)/b9-4+. The molecule has 3 N–H and O–H groups in total. The van der Waals surface area contributed by atoms with Gasteiger partial charge in [0.05, 0.1) is 21.6 Å². The maximum absolute atomic E-state index is 12.8. The summed E-state index contributed by atoms with van der Waals surface area (Å²) in [6.45, 7) is 0. The molecule has 0 fully saturated rings. The molecule has 9 heteroatoms. The largest absolute Gasteiger partial charge is 0.355 e. The summed E-state index contributed by atoms with van der Waals surface area (Å²) in [6, 6.07) is 10.8. The Morgan fingerprint density at radius 3 is 2.44 bits per heavy atom. The Morgan fingerprint density at radius 1 is 1.12 bits per heavy atom. The molecule has 3 rings (SSSR count). The van der Waals surface area contributed by atoms with Gasteiger partial charge >= 0.3 is 0 Å². The predicted octanol–water partition coefficient (Wildman–Crippen LogP) is 5.82. The van der Waals surface area contributed by atoms with Crippen LogP contribution in [-0.4, -0.2) is 23.3 Å². The van der Waals surface area contributed by atoms with Gasteiger partial charge in [-0.05, 0) is 42.0 Å². The van der Waals surface area contributed by atoms with Crippen LogP contribution in [0.5, 0.6) is 0 Å². The number of benzene rings is 2. The smallest absolute Gasteiger partial charge is 0.251 e. The molecule has 3 aromatic rings. The van der Waals surface area contributed by atoms with Crippen molar-refractivity contribution >= 4 is 64.2 Å². The lowest BCUT2D eigenvalue weighted by molar-refractivity contribution is -0.115. The van der Waals surface area contributed by atoms with E-state index in [2.05, 4.69) is 5.32 Å². The molecule has 0 saturated heterocycles. The number of aromatic nitrogens is 1. The van der Waals surface area contributed by atoms with E-state index >= 15 is 0 Å². The van der Waals surface area contributed by atoms with Crippen LogP contribution in [0.15, 0.2) is 54.7 Å². The number of hydrogen-bond donors (Lipinski definition) is 2. The van der Waals surface area contributed by atoms with E-state index in [0.717, 1.165) is 5.56 Å². The number of ketones is 1. The van der Waals surface area contributed by atoms with Gasteiger partial charge in [0.25, 0.3) is 5.91 Å². The van der Waals surface area contributed by atoms with E-state index in [0.29, 0.717) is 37.6 Å². The quantitative estimate of drug-likeness (QED) is 0.310. The summed E-state index contributed by atoms with van der Waals surface area (Å²) in [5.74, 6) is -0.393. The highest BCUT2D eigenvalue weighted by Gasteiger charge is 2.21. The van der Waals surface area contributed by atoms with Crippen molar-refractivity contribution in [1.29, 1.82) is 0 Å². The summed E-state index contributed by atoms with van der Waals surface area (Å²) in [5, 5.41) is 3.75. The zero-order valence-corrected chi connectivity index (χ0v) is 19.9. The fourth-order valence-corrected chi connectivity index (χ4v) is 4.32. The minimum atomic E-state index is -0.991. The van der Waals surface area contributed by atoms with Gasteiger partial charge in [0.1, 0.15) is 6.04 Å². The van der Waals surface area contributed by atoms with Crippen molar-refractivity contribution < 1.29 is 9.59 Å². The maximum Gasteiger partial charge on any atom is 0.251 e. The molecule has 1 unspecified atom stereocenters. The average molecular weight is 511 g/mol. The van der Waals surface area contributed by atoms with Crippen LogP contribution in [0, 0.1) is 0 Å². The van der Waals surface area contributed by atoms with Crippen LogP contribution in [0.2, 0.25) is 15.1 Å². The first-order chi connectivity index (χ1) is 15.3. The Balaban J connectivity index is 1.87. The fraction of sp³-hybridized carbons (Fsp3) is 0.130. The molecular weight excluding hydrogens is 492 g/mol. The predicted molar refractivity (Wildman–Crippen MR) is 131 cm³/mol. The summed E-state index contributed by atoms with van der Waals surface area (Å²) < 4.78 is 1.66. The molecule has 0 saturated carbocycles. The van der Waals surface area contributed by atoms with Crippen LogP contribution in [0.3, 0.4) is 0 Å². The van der Waals surface area contributed by atoms with Crippen molar-refractivity contribution in [2.75, 3.05) is 7.05 Å². The van der Waals surface area contributed by atoms with E-state index in [1.807, 2.05) is 0 Å². The lowest BCUT2D eigenvalue weighted by Gasteiger charge is -2.16. The zero-order valence-electron chi connectivity index (χ0n) is 16.9. The Morgan fingerprint density at radius 2 is 1.81 bits per heavy atom. The number of amides is 1. The van der Waals surface area contributed by atoms with Crippen LogP contribution in [0.4, 0.5) is 0 Å². The summed E-state index contributed by atoms with van der Waals surface area (Å²) in [5.41, 5.74) is 9.13. The first-order valence-corrected chi connectivity index (χ1v) is 11.1. The summed E-state index contributed by atoms with van der Waals surface area (Å²) in [4.78, 5) is 24.4. The van der Waals surface area contributed by atoms with Gasteiger partial charge < -0.3 is 15.6 Å². The van der Waals surface area contributed by atoms with Gasteiger partial charge in [-0.3, -0.25) is 9.59 Å². The average Bonchev–Trinajstić information content (AvgIpc) is 3.18. The lowest BCUT2D eigenvalue weighted by Crippen LogP contribution is -2.22.